The van der Waals surface area contributed by atoms with Crippen molar-refractivity contribution in [2.45, 2.75) is 51.9 Å². The van der Waals surface area contributed by atoms with Crippen molar-refractivity contribution < 1.29 is 4.79 Å². The van der Waals surface area contributed by atoms with Crippen LogP contribution in [0.25, 0.3) is 0 Å². The molecule has 2 heteroatoms. The summed E-state index contributed by atoms with van der Waals surface area (Å²) in [6.45, 7) is 3.13. The predicted molar refractivity (Wildman–Crippen MR) is 81.8 cm³/mol. The van der Waals surface area contributed by atoms with E-state index in [0.717, 1.165) is 24.9 Å². The predicted octanol–water partition coefficient (Wildman–Crippen LogP) is 3.99. The van der Waals surface area contributed by atoms with Crippen molar-refractivity contribution in [2.75, 3.05) is 13.6 Å². The first-order chi connectivity index (χ1) is 9.29. The fourth-order valence-corrected chi connectivity index (χ4v) is 2.29. The van der Waals surface area contributed by atoms with Gasteiger partial charge in [-0.15, -0.1) is 0 Å². The summed E-state index contributed by atoms with van der Waals surface area (Å²) in [5, 5.41) is 3.14. The van der Waals surface area contributed by atoms with Gasteiger partial charge in [-0.3, -0.25) is 4.79 Å². The van der Waals surface area contributed by atoms with Gasteiger partial charge < -0.3 is 5.32 Å². The van der Waals surface area contributed by atoms with E-state index in [1.807, 2.05) is 25.2 Å². The number of rotatable bonds is 10. The maximum atomic E-state index is 12.2. The molecule has 106 valence electrons. The van der Waals surface area contributed by atoms with E-state index in [1.54, 1.807) is 0 Å². The lowest BCUT2D eigenvalue weighted by Crippen LogP contribution is -2.13. The molecule has 19 heavy (non-hydrogen) atoms. The largest absolute Gasteiger partial charge is 0.319 e. The summed E-state index contributed by atoms with van der Waals surface area (Å²) in [6.07, 6.45) is 7.62. The molecule has 0 spiro atoms. The molecule has 1 aromatic carbocycles. The summed E-state index contributed by atoms with van der Waals surface area (Å²) in [6, 6.07) is 8.03. The van der Waals surface area contributed by atoms with Gasteiger partial charge in [-0.05, 0) is 32.0 Å². The molecular formula is C17H27NO. The minimum absolute atomic E-state index is 0.309. The fourth-order valence-electron chi connectivity index (χ4n) is 2.29. The average molecular weight is 261 g/mol. The molecular weight excluding hydrogens is 234 g/mol. The summed E-state index contributed by atoms with van der Waals surface area (Å²) in [5.41, 5.74) is 2.10. The van der Waals surface area contributed by atoms with Crippen LogP contribution >= 0.6 is 0 Å². The molecule has 0 saturated carbocycles. The maximum absolute atomic E-state index is 12.2. The standard InChI is InChI=1S/C17H27NO/c1-3-4-5-6-7-12-17(19)16-11-9-8-10-15(16)13-14-18-2/h8-11,18H,3-7,12-14H2,1-2H3. The van der Waals surface area contributed by atoms with E-state index in [1.165, 1.54) is 31.2 Å². The third kappa shape index (κ3) is 6.02. The molecule has 2 nitrogen and oxygen atoms in total. The van der Waals surface area contributed by atoms with E-state index in [-0.39, 0.29) is 0 Å². The number of hydrogen-bond acceptors (Lipinski definition) is 2. The Labute approximate surface area is 117 Å². The van der Waals surface area contributed by atoms with E-state index in [9.17, 15) is 4.79 Å². The second kappa shape index (κ2) is 9.74. The SMILES string of the molecule is CCCCCCCC(=O)c1ccccc1CCNC. The Morgan fingerprint density at radius 2 is 1.84 bits per heavy atom. The highest BCUT2D eigenvalue weighted by Crippen LogP contribution is 2.14. The maximum Gasteiger partial charge on any atom is 0.163 e. The first-order valence-electron chi connectivity index (χ1n) is 7.55. The Kier molecular flexibility index (Phi) is 8.15. The van der Waals surface area contributed by atoms with Gasteiger partial charge in [0.1, 0.15) is 0 Å². The van der Waals surface area contributed by atoms with Crippen LogP contribution in [0, 0.1) is 0 Å². The van der Waals surface area contributed by atoms with Gasteiger partial charge in [0.25, 0.3) is 0 Å². The monoisotopic (exact) mass is 261 g/mol. The van der Waals surface area contributed by atoms with Crippen LogP contribution in [0.4, 0.5) is 0 Å². The molecule has 0 bridgehead atoms. The normalized spacial score (nSPS) is 10.6. The van der Waals surface area contributed by atoms with Gasteiger partial charge in [-0.2, -0.15) is 0 Å². The summed E-state index contributed by atoms with van der Waals surface area (Å²) < 4.78 is 0. The lowest BCUT2D eigenvalue weighted by atomic mass is 9.97. The molecule has 0 fully saturated rings. The highest BCUT2D eigenvalue weighted by Gasteiger charge is 2.09. The number of unbranched alkanes of at least 4 members (excludes halogenated alkanes) is 4. The first-order valence-corrected chi connectivity index (χ1v) is 7.55. The number of ketones is 1. The Morgan fingerprint density at radius 1 is 1.11 bits per heavy atom. The minimum Gasteiger partial charge on any atom is -0.319 e. The zero-order valence-corrected chi connectivity index (χ0v) is 12.4. The Balaban J connectivity index is 2.46. The number of hydrogen-bond donors (Lipinski definition) is 1. The van der Waals surface area contributed by atoms with Crippen LogP contribution in [-0.2, 0) is 6.42 Å². The molecule has 1 aromatic rings. The second-order valence-corrected chi connectivity index (χ2v) is 5.10. The summed E-state index contributed by atoms with van der Waals surface area (Å²) in [5.74, 6) is 0.309. The van der Waals surface area contributed by atoms with Crippen molar-refractivity contribution in [1.82, 2.24) is 5.32 Å². The molecule has 0 aliphatic heterocycles. The molecule has 0 radical (unpaired) electrons. The molecule has 0 unspecified atom stereocenters. The molecule has 0 amide bonds. The molecule has 0 saturated heterocycles. The van der Waals surface area contributed by atoms with Crippen LogP contribution in [0.2, 0.25) is 0 Å². The zero-order valence-electron chi connectivity index (χ0n) is 12.4. The Hall–Kier alpha value is -1.15. The molecule has 0 aliphatic carbocycles. The molecule has 0 heterocycles. The van der Waals surface area contributed by atoms with Crippen LogP contribution in [0.3, 0.4) is 0 Å². The van der Waals surface area contributed by atoms with Crippen molar-refractivity contribution in [2.24, 2.45) is 0 Å². The van der Waals surface area contributed by atoms with E-state index < -0.39 is 0 Å². The number of nitrogens with one attached hydrogen (secondary N) is 1. The van der Waals surface area contributed by atoms with Gasteiger partial charge >= 0.3 is 0 Å². The van der Waals surface area contributed by atoms with Crippen LogP contribution < -0.4 is 5.32 Å². The molecule has 0 atom stereocenters. The van der Waals surface area contributed by atoms with Crippen molar-refractivity contribution in [3.8, 4) is 0 Å². The van der Waals surface area contributed by atoms with Gasteiger partial charge in [0, 0.05) is 12.0 Å². The van der Waals surface area contributed by atoms with Gasteiger partial charge in [-0.1, -0.05) is 56.9 Å². The first kappa shape index (κ1) is 15.9. The Morgan fingerprint density at radius 3 is 2.58 bits per heavy atom. The molecule has 0 aromatic heterocycles. The van der Waals surface area contributed by atoms with Gasteiger partial charge in [0.15, 0.2) is 5.78 Å². The van der Waals surface area contributed by atoms with Gasteiger partial charge in [-0.25, -0.2) is 0 Å². The van der Waals surface area contributed by atoms with Crippen LogP contribution in [-0.4, -0.2) is 19.4 Å². The lowest BCUT2D eigenvalue weighted by Gasteiger charge is -2.08. The van der Waals surface area contributed by atoms with Crippen LogP contribution in [0.15, 0.2) is 24.3 Å². The van der Waals surface area contributed by atoms with Crippen molar-refractivity contribution in [3.63, 3.8) is 0 Å². The summed E-state index contributed by atoms with van der Waals surface area (Å²) in [7, 11) is 1.94. The van der Waals surface area contributed by atoms with E-state index >= 15 is 0 Å². The molecule has 0 aliphatic rings. The third-order valence-corrected chi connectivity index (χ3v) is 3.47. The van der Waals surface area contributed by atoms with Crippen molar-refractivity contribution in [3.05, 3.63) is 35.4 Å². The average Bonchev–Trinajstić information content (AvgIpc) is 2.45. The third-order valence-electron chi connectivity index (χ3n) is 3.47. The van der Waals surface area contributed by atoms with E-state index in [4.69, 9.17) is 0 Å². The highest BCUT2D eigenvalue weighted by atomic mass is 16.1. The fraction of sp³-hybridized carbons (Fsp3) is 0.588. The zero-order chi connectivity index (χ0) is 13.9. The minimum atomic E-state index is 0.309. The van der Waals surface area contributed by atoms with Gasteiger partial charge in [0.05, 0.1) is 0 Å². The van der Waals surface area contributed by atoms with E-state index in [2.05, 4.69) is 18.3 Å². The number of carbonyl (C=O) groups is 1. The summed E-state index contributed by atoms with van der Waals surface area (Å²) in [4.78, 5) is 12.2. The van der Waals surface area contributed by atoms with E-state index in [0.29, 0.717) is 12.2 Å². The number of benzene rings is 1. The lowest BCUT2D eigenvalue weighted by molar-refractivity contribution is 0.0978. The second-order valence-electron chi connectivity index (χ2n) is 5.10. The number of carbonyl (C=O) groups excluding carboxylic acids is 1. The molecule has 1 rings (SSSR count). The summed E-state index contributed by atoms with van der Waals surface area (Å²) >= 11 is 0. The smallest absolute Gasteiger partial charge is 0.163 e. The van der Waals surface area contributed by atoms with Crippen LogP contribution in [0.5, 0.6) is 0 Å². The van der Waals surface area contributed by atoms with Gasteiger partial charge in [0.2, 0.25) is 0 Å². The topological polar surface area (TPSA) is 29.1 Å². The quantitative estimate of drug-likeness (QED) is 0.509. The number of Topliss-reactive ketones (excluding diaryl/α,β-unsaturated/α-hetero) is 1. The van der Waals surface area contributed by atoms with Crippen LogP contribution in [0.1, 0.15) is 61.4 Å². The Bertz CT molecular complexity index is 373. The van der Waals surface area contributed by atoms with Crippen molar-refractivity contribution >= 4 is 5.78 Å². The molecule has 1 N–H and O–H groups in total. The highest BCUT2D eigenvalue weighted by molar-refractivity contribution is 5.97. The number of likely N-dealkylation sites (N-methyl/N-ethyl adjacent to an activating group) is 1. The van der Waals surface area contributed by atoms with Crippen molar-refractivity contribution in [1.29, 1.82) is 0 Å².